The maximum Gasteiger partial charge on any atom is 0.0991 e. The Hall–Kier alpha value is -1.86. The van der Waals surface area contributed by atoms with Gasteiger partial charge < -0.3 is 10.8 Å². The largest absolute Gasteiger partial charge is 0.391 e. The standard InChI is InChI=1S/C16H16N2O.ClH/c17-11-13-7-4-8-14(9-13)16(18)15(19)10-12-5-2-1-3-6-12;/h1-9,15-16,19H,10,18H2;1H/t15-,16+;/m1./s1. The molecular weight excluding hydrogens is 272 g/mol. The molecule has 4 heteroatoms. The molecule has 0 aliphatic carbocycles. The normalized spacial score (nSPS) is 12.8. The van der Waals surface area contributed by atoms with Crippen molar-refractivity contribution in [1.82, 2.24) is 0 Å². The summed E-state index contributed by atoms with van der Waals surface area (Å²) in [5.74, 6) is 0. The van der Waals surface area contributed by atoms with Crippen LogP contribution >= 0.6 is 12.4 Å². The molecular formula is C16H17ClN2O. The predicted molar refractivity (Wildman–Crippen MR) is 81.5 cm³/mol. The van der Waals surface area contributed by atoms with Crippen LogP contribution in [0.2, 0.25) is 0 Å². The monoisotopic (exact) mass is 288 g/mol. The Kier molecular flexibility index (Phi) is 6.20. The molecule has 0 aliphatic heterocycles. The maximum atomic E-state index is 10.2. The molecule has 0 spiro atoms. The van der Waals surface area contributed by atoms with E-state index in [9.17, 15) is 5.11 Å². The van der Waals surface area contributed by atoms with Crippen molar-refractivity contribution in [2.45, 2.75) is 18.6 Å². The van der Waals surface area contributed by atoms with Gasteiger partial charge in [0.05, 0.1) is 23.8 Å². The van der Waals surface area contributed by atoms with E-state index in [0.717, 1.165) is 11.1 Å². The number of hydrogen-bond donors (Lipinski definition) is 2. The third-order valence-electron chi connectivity index (χ3n) is 3.10. The third kappa shape index (κ3) is 4.07. The van der Waals surface area contributed by atoms with Gasteiger partial charge in [-0.15, -0.1) is 12.4 Å². The Morgan fingerprint density at radius 3 is 2.45 bits per heavy atom. The van der Waals surface area contributed by atoms with Crippen molar-refractivity contribution >= 4 is 12.4 Å². The van der Waals surface area contributed by atoms with Gasteiger partial charge in [0, 0.05) is 6.42 Å². The molecule has 0 aromatic heterocycles. The second-order valence-corrected chi connectivity index (χ2v) is 4.52. The van der Waals surface area contributed by atoms with Gasteiger partial charge in [-0.05, 0) is 23.3 Å². The van der Waals surface area contributed by atoms with E-state index in [1.807, 2.05) is 36.4 Å². The minimum atomic E-state index is -0.670. The van der Waals surface area contributed by atoms with Crippen LogP contribution in [0.15, 0.2) is 54.6 Å². The van der Waals surface area contributed by atoms with Crippen molar-refractivity contribution in [3.05, 3.63) is 71.3 Å². The van der Waals surface area contributed by atoms with Crippen molar-refractivity contribution < 1.29 is 5.11 Å². The van der Waals surface area contributed by atoms with Crippen LogP contribution in [0, 0.1) is 11.3 Å². The lowest BCUT2D eigenvalue weighted by Gasteiger charge is -2.19. The second kappa shape index (κ2) is 7.66. The highest BCUT2D eigenvalue weighted by Gasteiger charge is 2.17. The summed E-state index contributed by atoms with van der Waals surface area (Å²) in [7, 11) is 0. The number of aliphatic hydroxyl groups excluding tert-OH is 1. The van der Waals surface area contributed by atoms with Crippen LogP contribution < -0.4 is 5.73 Å². The van der Waals surface area contributed by atoms with Gasteiger partial charge in [0.15, 0.2) is 0 Å². The van der Waals surface area contributed by atoms with E-state index >= 15 is 0 Å². The van der Waals surface area contributed by atoms with Gasteiger partial charge in [0.1, 0.15) is 0 Å². The number of halogens is 1. The van der Waals surface area contributed by atoms with E-state index in [1.54, 1.807) is 18.2 Å². The first-order valence-corrected chi connectivity index (χ1v) is 6.18. The summed E-state index contributed by atoms with van der Waals surface area (Å²) in [5, 5.41) is 19.0. The van der Waals surface area contributed by atoms with E-state index in [4.69, 9.17) is 11.0 Å². The second-order valence-electron chi connectivity index (χ2n) is 4.52. The summed E-state index contributed by atoms with van der Waals surface area (Å²) in [6.45, 7) is 0. The third-order valence-corrected chi connectivity index (χ3v) is 3.10. The number of hydrogen-bond acceptors (Lipinski definition) is 3. The lowest BCUT2D eigenvalue weighted by atomic mass is 9.96. The molecule has 0 saturated carbocycles. The number of nitrogens with two attached hydrogens (primary N) is 1. The highest BCUT2D eigenvalue weighted by Crippen LogP contribution is 2.18. The number of rotatable bonds is 4. The summed E-state index contributed by atoms with van der Waals surface area (Å²) in [5.41, 5.74) is 8.43. The molecule has 2 aromatic rings. The summed E-state index contributed by atoms with van der Waals surface area (Å²) in [6.07, 6.45) is -0.171. The van der Waals surface area contributed by atoms with Gasteiger partial charge in [-0.3, -0.25) is 0 Å². The molecule has 0 heterocycles. The zero-order valence-corrected chi connectivity index (χ0v) is 11.8. The smallest absolute Gasteiger partial charge is 0.0991 e. The van der Waals surface area contributed by atoms with Crippen LogP contribution in [0.4, 0.5) is 0 Å². The minimum Gasteiger partial charge on any atom is -0.391 e. The van der Waals surface area contributed by atoms with E-state index in [0.29, 0.717) is 12.0 Å². The summed E-state index contributed by atoms with van der Waals surface area (Å²) >= 11 is 0. The summed E-state index contributed by atoms with van der Waals surface area (Å²) in [6, 6.07) is 18.4. The minimum absolute atomic E-state index is 0. The van der Waals surface area contributed by atoms with Crippen LogP contribution in [-0.2, 0) is 6.42 Å². The lowest BCUT2D eigenvalue weighted by Crippen LogP contribution is -2.28. The molecule has 3 nitrogen and oxygen atoms in total. The molecule has 3 N–H and O–H groups in total. The molecule has 0 radical (unpaired) electrons. The highest BCUT2D eigenvalue weighted by molar-refractivity contribution is 5.85. The summed E-state index contributed by atoms with van der Waals surface area (Å²) in [4.78, 5) is 0. The predicted octanol–water partition coefficient (Wildman–Crippen LogP) is 2.58. The van der Waals surface area contributed by atoms with Crippen molar-refractivity contribution in [1.29, 1.82) is 5.26 Å². The van der Waals surface area contributed by atoms with Gasteiger partial charge in [-0.1, -0.05) is 42.5 Å². The van der Waals surface area contributed by atoms with Crippen molar-refractivity contribution in [3.63, 3.8) is 0 Å². The molecule has 0 aliphatic rings. The van der Waals surface area contributed by atoms with Crippen LogP contribution in [0.1, 0.15) is 22.7 Å². The molecule has 0 unspecified atom stereocenters. The molecule has 2 rings (SSSR count). The molecule has 20 heavy (non-hydrogen) atoms. The van der Waals surface area contributed by atoms with E-state index in [1.165, 1.54) is 0 Å². The van der Waals surface area contributed by atoms with Crippen LogP contribution in [-0.4, -0.2) is 11.2 Å². The van der Waals surface area contributed by atoms with Gasteiger partial charge >= 0.3 is 0 Å². The molecule has 0 amide bonds. The van der Waals surface area contributed by atoms with Crippen molar-refractivity contribution in [2.75, 3.05) is 0 Å². The average Bonchev–Trinajstić information content (AvgIpc) is 2.47. The topological polar surface area (TPSA) is 70.0 Å². The van der Waals surface area contributed by atoms with Crippen LogP contribution in [0.25, 0.3) is 0 Å². The Balaban J connectivity index is 0.00000200. The van der Waals surface area contributed by atoms with E-state index in [-0.39, 0.29) is 12.4 Å². The van der Waals surface area contributed by atoms with Gasteiger partial charge in [-0.2, -0.15) is 5.26 Å². The van der Waals surface area contributed by atoms with E-state index < -0.39 is 12.1 Å². The molecule has 0 bridgehead atoms. The zero-order valence-electron chi connectivity index (χ0n) is 10.9. The highest BCUT2D eigenvalue weighted by atomic mass is 35.5. The first kappa shape index (κ1) is 16.2. The zero-order chi connectivity index (χ0) is 13.7. The first-order valence-electron chi connectivity index (χ1n) is 6.18. The van der Waals surface area contributed by atoms with E-state index in [2.05, 4.69) is 6.07 Å². The van der Waals surface area contributed by atoms with Gasteiger partial charge in [-0.25, -0.2) is 0 Å². The Labute approximate surface area is 125 Å². The van der Waals surface area contributed by atoms with Crippen LogP contribution in [0.3, 0.4) is 0 Å². The average molecular weight is 289 g/mol. The fourth-order valence-electron chi connectivity index (χ4n) is 2.02. The Morgan fingerprint density at radius 1 is 1.10 bits per heavy atom. The maximum absolute atomic E-state index is 10.2. The molecule has 2 atom stereocenters. The molecule has 0 fully saturated rings. The number of aliphatic hydroxyl groups is 1. The molecule has 2 aromatic carbocycles. The Morgan fingerprint density at radius 2 is 1.80 bits per heavy atom. The number of nitriles is 1. The first-order chi connectivity index (χ1) is 9.20. The van der Waals surface area contributed by atoms with Crippen molar-refractivity contribution in [2.24, 2.45) is 5.73 Å². The van der Waals surface area contributed by atoms with Crippen LogP contribution in [0.5, 0.6) is 0 Å². The van der Waals surface area contributed by atoms with Crippen molar-refractivity contribution in [3.8, 4) is 6.07 Å². The number of nitrogens with zero attached hydrogens (tertiary/aromatic N) is 1. The fourth-order valence-corrected chi connectivity index (χ4v) is 2.02. The van der Waals surface area contributed by atoms with Gasteiger partial charge in [0.25, 0.3) is 0 Å². The van der Waals surface area contributed by atoms with Gasteiger partial charge in [0.2, 0.25) is 0 Å². The lowest BCUT2D eigenvalue weighted by molar-refractivity contribution is 0.145. The quantitative estimate of drug-likeness (QED) is 0.908. The fraction of sp³-hybridized carbons (Fsp3) is 0.188. The SMILES string of the molecule is Cl.N#Cc1cccc([C@H](N)[C@H](O)Cc2ccccc2)c1. The summed E-state index contributed by atoms with van der Waals surface area (Å²) < 4.78 is 0. The molecule has 104 valence electrons. The number of benzene rings is 2. The molecule has 0 saturated heterocycles. The Bertz CT molecular complexity index is 581.